The maximum Gasteiger partial charge on any atom is 0.190 e. The van der Waals surface area contributed by atoms with Gasteiger partial charge in [-0.1, -0.05) is 12.5 Å². The fourth-order valence-electron chi connectivity index (χ4n) is 4.34. The molecule has 3 N–H and O–H groups in total. The molecule has 3 rings (SSSR count). The molecule has 140 valence electrons. The Morgan fingerprint density at radius 3 is 2.50 bits per heavy atom. The Morgan fingerprint density at radius 1 is 1.27 bits per heavy atom. The van der Waals surface area contributed by atoms with E-state index >= 15 is 0 Å². The van der Waals surface area contributed by atoms with Gasteiger partial charge in [-0.2, -0.15) is 0 Å². The second-order valence-electron chi connectivity index (χ2n) is 7.67. The highest BCUT2D eigenvalue weighted by Crippen LogP contribution is 2.57. The number of carbonyl (C=O) groups excluding carboxylic acids is 1. The molecule has 2 atom stereocenters. The van der Waals surface area contributed by atoms with Crippen molar-refractivity contribution in [3.8, 4) is 17.2 Å². The number of hydrogen-bond acceptors (Lipinski definition) is 5. The van der Waals surface area contributed by atoms with Crippen LogP contribution in [0.4, 0.5) is 0 Å². The van der Waals surface area contributed by atoms with Crippen LogP contribution in [0.1, 0.15) is 62.0 Å². The van der Waals surface area contributed by atoms with Gasteiger partial charge in [0.15, 0.2) is 17.3 Å². The average Bonchev–Trinajstić information content (AvgIpc) is 2.57. The van der Waals surface area contributed by atoms with Gasteiger partial charge in [0.05, 0.1) is 18.8 Å². The van der Waals surface area contributed by atoms with E-state index in [1.54, 1.807) is 13.0 Å². The van der Waals surface area contributed by atoms with E-state index in [1.165, 1.54) is 12.7 Å². The number of aliphatic hydroxyl groups is 1. The van der Waals surface area contributed by atoms with Crippen LogP contribution in [-0.2, 0) is 11.8 Å². The van der Waals surface area contributed by atoms with Gasteiger partial charge in [0.2, 0.25) is 0 Å². The maximum atomic E-state index is 12.9. The van der Waals surface area contributed by atoms with Gasteiger partial charge in [-0.3, -0.25) is 4.79 Å². The summed E-state index contributed by atoms with van der Waals surface area (Å²) in [5.41, 5.74) is 3.56. The number of methoxy groups -OCH3 is 1. The Morgan fingerprint density at radius 2 is 1.92 bits per heavy atom. The van der Waals surface area contributed by atoms with Crippen molar-refractivity contribution >= 4 is 5.78 Å². The zero-order valence-electron chi connectivity index (χ0n) is 15.9. The molecule has 0 fully saturated rings. The van der Waals surface area contributed by atoms with E-state index in [1.807, 2.05) is 13.8 Å². The number of ketones is 1. The number of phenols is 2. The quantitative estimate of drug-likeness (QED) is 0.769. The first-order valence-corrected chi connectivity index (χ1v) is 8.90. The van der Waals surface area contributed by atoms with E-state index < -0.39 is 11.5 Å². The molecule has 0 amide bonds. The van der Waals surface area contributed by atoms with Crippen molar-refractivity contribution in [3.05, 3.63) is 39.5 Å². The van der Waals surface area contributed by atoms with Crippen molar-refractivity contribution < 1.29 is 24.9 Å². The summed E-state index contributed by atoms with van der Waals surface area (Å²) < 4.78 is 5.51. The van der Waals surface area contributed by atoms with E-state index in [9.17, 15) is 20.1 Å². The summed E-state index contributed by atoms with van der Waals surface area (Å²) in [7, 11) is 1.45. The van der Waals surface area contributed by atoms with Crippen LogP contribution in [0, 0.1) is 0 Å². The molecule has 0 aromatic heterocycles. The molecule has 1 aromatic rings. The van der Waals surface area contributed by atoms with Gasteiger partial charge in [0.1, 0.15) is 5.75 Å². The lowest BCUT2D eigenvalue weighted by Gasteiger charge is -2.42. The summed E-state index contributed by atoms with van der Waals surface area (Å²) in [6.07, 6.45) is 2.47. The predicted octanol–water partition coefficient (Wildman–Crippen LogP) is 3.54. The molecule has 5 heteroatoms. The molecule has 0 saturated carbocycles. The van der Waals surface area contributed by atoms with Crippen LogP contribution in [0.25, 0.3) is 0 Å². The van der Waals surface area contributed by atoms with Gasteiger partial charge in [-0.15, -0.1) is 0 Å². The van der Waals surface area contributed by atoms with Gasteiger partial charge >= 0.3 is 0 Å². The van der Waals surface area contributed by atoms with Crippen LogP contribution in [0.5, 0.6) is 17.2 Å². The van der Waals surface area contributed by atoms with Crippen molar-refractivity contribution in [1.29, 1.82) is 0 Å². The minimum absolute atomic E-state index is 0.0277. The number of aromatic hydroxyl groups is 2. The first kappa shape index (κ1) is 18.5. The monoisotopic (exact) mass is 358 g/mol. The Hall–Kier alpha value is -2.27. The van der Waals surface area contributed by atoms with Gasteiger partial charge in [0, 0.05) is 23.0 Å². The molecule has 2 unspecified atom stereocenters. The molecular weight excluding hydrogens is 332 g/mol. The SMILES string of the molecule is COc1c(O)c(CC(C)O)c(O)c2c1C1(C)CCC(C)=C(C)C1=CC2=O. The third kappa shape index (κ3) is 2.45. The molecule has 1 aromatic carbocycles. The molecular formula is C21H26O5. The van der Waals surface area contributed by atoms with Crippen LogP contribution >= 0.6 is 0 Å². The van der Waals surface area contributed by atoms with Crippen LogP contribution in [0.3, 0.4) is 0 Å². The molecule has 0 saturated heterocycles. The number of hydrogen-bond donors (Lipinski definition) is 3. The van der Waals surface area contributed by atoms with E-state index in [4.69, 9.17) is 4.74 Å². The molecule has 0 spiro atoms. The maximum absolute atomic E-state index is 12.9. The Kier molecular flexibility index (Phi) is 4.39. The summed E-state index contributed by atoms with van der Waals surface area (Å²) in [5, 5.41) is 31.3. The molecule has 2 aliphatic carbocycles. The van der Waals surface area contributed by atoms with Gasteiger partial charge < -0.3 is 20.1 Å². The van der Waals surface area contributed by atoms with Crippen LogP contribution < -0.4 is 4.74 Å². The summed E-state index contributed by atoms with van der Waals surface area (Å²) in [5.74, 6) is -0.556. The Labute approximate surface area is 153 Å². The average molecular weight is 358 g/mol. The van der Waals surface area contributed by atoms with E-state index in [0.717, 1.165) is 24.0 Å². The van der Waals surface area contributed by atoms with Crippen molar-refractivity contribution in [1.82, 2.24) is 0 Å². The zero-order valence-corrected chi connectivity index (χ0v) is 15.9. The molecule has 5 nitrogen and oxygen atoms in total. The van der Waals surface area contributed by atoms with Gasteiger partial charge in [-0.25, -0.2) is 0 Å². The Balaban J connectivity index is 2.38. The van der Waals surface area contributed by atoms with Crippen molar-refractivity contribution in [2.75, 3.05) is 7.11 Å². The first-order valence-electron chi connectivity index (χ1n) is 8.90. The molecule has 2 aliphatic rings. The molecule has 0 bridgehead atoms. The largest absolute Gasteiger partial charge is 0.507 e. The smallest absolute Gasteiger partial charge is 0.190 e. The third-order valence-electron chi connectivity index (χ3n) is 5.92. The van der Waals surface area contributed by atoms with Crippen molar-refractivity contribution in [2.24, 2.45) is 0 Å². The Bertz CT molecular complexity index is 860. The lowest BCUT2D eigenvalue weighted by molar-refractivity contribution is 0.103. The highest BCUT2D eigenvalue weighted by atomic mass is 16.5. The van der Waals surface area contributed by atoms with E-state index in [-0.39, 0.29) is 40.6 Å². The van der Waals surface area contributed by atoms with Gasteiger partial charge in [-0.05, 0) is 50.8 Å². The fraction of sp³-hybridized carbons (Fsp3) is 0.476. The van der Waals surface area contributed by atoms with Crippen molar-refractivity contribution in [3.63, 3.8) is 0 Å². The lowest BCUT2D eigenvalue weighted by atomic mass is 9.61. The minimum Gasteiger partial charge on any atom is -0.507 e. The number of allylic oxidation sites excluding steroid dienone is 4. The van der Waals surface area contributed by atoms with Crippen LogP contribution in [-0.4, -0.2) is 34.3 Å². The van der Waals surface area contributed by atoms with Crippen molar-refractivity contribution in [2.45, 2.75) is 58.5 Å². The van der Waals surface area contributed by atoms with Crippen LogP contribution in [0.15, 0.2) is 22.8 Å². The number of benzene rings is 1. The lowest BCUT2D eigenvalue weighted by Crippen LogP contribution is -2.35. The topological polar surface area (TPSA) is 87.0 Å². The summed E-state index contributed by atoms with van der Waals surface area (Å²) >= 11 is 0. The number of ether oxygens (including phenoxy) is 1. The molecule has 26 heavy (non-hydrogen) atoms. The molecule has 0 radical (unpaired) electrons. The number of fused-ring (bicyclic) bond motifs is 3. The summed E-state index contributed by atoms with van der Waals surface area (Å²) in [6, 6.07) is 0. The fourth-order valence-corrected chi connectivity index (χ4v) is 4.34. The number of aliphatic hydroxyl groups excluding tert-OH is 1. The number of phenolic OH excluding ortho intramolecular Hbond substituents is 2. The van der Waals surface area contributed by atoms with E-state index in [0.29, 0.717) is 5.56 Å². The number of carbonyl (C=O) groups is 1. The van der Waals surface area contributed by atoms with Gasteiger partial charge in [0.25, 0.3) is 0 Å². The highest BCUT2D eigenvalue weighted by molar-refractivity contribution is 6.12. The molecule has 0 heterocycles. The zero-order chi connectivity index (χ0) is 19.4. The van der Waals surface area contributed by atoms with Crippen LogP contribution in [0.2, 0.25) is 0 Å². The standard InChI is InChI=1S/C21H26O5/c1-10-6-7-21(4)14(12(10)3)9-15(23)16-17(21)20(26-5)19(25)13(18(16)24)8-11(2)22/h9,11,22,24-25H,6-8H2,1-5H3. The molecule has 0 aliphatic heterocycles. The summed E-state index contributed by atoms with van der Waals surface area (Å²) in [6.45, 7) is 7.65. The second-order valence-corrected chi connectivity index (χ2v) is 7.67. The van der Waals surface area contributed by atoms with E-state index in [2.05, 4.69) is 6.92 Å². The normalized spacial score (nSPS) is 23.3. The predicted molar refractivity (Wildman–Crippen MR) is 99.1 cm³/mol. The first-order chi connectivity index (χ1) is 12.1. The third-order valence-corrected chi connectivity index (χ3v) is 5.92. The second kappa shape index (κ2) is 6.16. The summed E-state index contributed by atoms with van der Waals surface area (Å²) in [4.78, 5) is 12.9. The minimum atomic E-state index is -0.780. The highest BCUT2D eigenvalue weighted by Gasteiger charge is 2.46. The number of rotatable bonds is 3.